The largest absolute Gasteiger partial charge is 0.489 e. The number of aryl methyl sites for hydroxylation is 3. The van der Waals surface area contributed by atoms with E-state index in [4.69, 9.17) is 10.5 Å². The summed E-state index contributed by atoms with van der Waals surface area (Å²) in [5, 5.41) is 0. The summed E-state index contributed by atoms with van der Waals surface area (Å²) < 4.78 is 6.00. The Kier molecular flexibility index (Phi) is 4.46. The van der Waals surface area contributed by atoms with Crippen LogP contribution in [0.1, 0.15) is 35.2 Å². The lowest BCUT2D eigenvalue weighted by Gasteiger charge is -2.22. The maximum Gasteiger partial charge on any atom is 0.120 e. The van der Waals surface area contributed by atoms with Crippen LogP contribution in [0, 0.1) is 20.8 Å². The third kappa shape index (κ3) is 3.61. The predicted octanol–water partition coefficient (Wildman–Crippen LogP) is 4.08. The first-order valence-electron chi connectivity index (χ1n) is 7.03. The third-order valence-corrected chi connectivity index (χ3v) is 3.49. The van der Waals surface area contributed by atoms with Gasteiger partial charge in [0.15, 0.2) is 0 Å². The van der Waals surface area contributed by atoms with Crippen molar-refractivity contribution in [2.45, 2.75) is 39.8 Å². The normalized spacial score (nSPS) is 13.8. The van der Waals surface area contributed by atoms with Crippen LogP contribution >= 0.6 is 0 Å². The van der Waals surface area contributed by atoms with Gasteiger partial charge in [-0.15, -0.1) is 0 Å². The molecule has 0 spiro atoms. The van der Waals surface area contributed by atoms with Crippen molar-refractivity contribution < 1.29 is 4.74 Å². The highest BCUT2D eigenvalue weighted by atomic mass is 16.5. The van der Waals surface area contributed by atoms with E-state index in [-0.39, 0.29) is 12.1 Å². The second-order valence-corrected chi connectivity index (χ2v) is 5.58. The number of rotatable bonds is 4. The Balaban J connectivity index is 2.10. The summed E-state index contributed by atoms with van der Waals surface area (Å²) in [4.78, 5) is 0. The first-order chi connectivity index (χ1) is 9.45. The zero-order chi connectivity index (χ0) is 14.7. The molecule has 20 heavy (non-hydrogen) atoms. The highest BCUT2D eigenvalue weighted by Gasteiger charge is 2.16. The summed E-state index contributed by atoms with van der Waals surface area (Å²) in [6.07, 6.45) is -0.0705. The van der Waals surface area contributed by atoms with Gasteiger partial charge in [0.05, 0.1) is 6.04 Å². The van der Waals surface area contributed by atoms with Crippen LogP contribution in [0.4, 0.5) is 0 Å². The average molecular weight is 269 g/mol. The molecule has 2 nitrogen and oxygen atoms in total. The predicted molar refractivity (Wildman–Crippen MR) is 84.1 cm³/mol. The molecule has 0 saturated heterocycles. The van der Waals surface area contributed by atoms with Crippen molar-refractivity contribution in [3.05, 3.63) is 64.7 Å². The van der Waals surface area contributed by atoms with Crippen molar-refractivity contribution in [2.24, 2.45) is 5.73 Å². The van der Waals surface area contributed by atoms with E-state index in [1.807, 2.05) is 19.1 Å². The Morgan fingerprint density at radius 2 is 1.40 bits per heavy atom. The summed E-state index contributed by atoms with van der Waals surface area (Å²) >= 11 is 0. The highest BCUT2D eigenvalue weighted by Crippen LogP contribution is 2.22. The fraction of sp³-hybridized carbons (Fsp3) is 0.333. The molecule has 2 unspecified atom stereocenters. The van der Waals surface area contributed by atoms with Gasteiger partial charge >= 0.3 is 0 Å². The minimum absolute atomic E-state index is 0.0705. The molecule has 2 N–H and O–H groups in total. The zero-order valence-corrected chi connectivity index (χ0v) is 12.7. The summed E-state index contributed by atoms with van der Waals surface area (Å²) in [5.41, 5.74) is 11.0. The SMILES string of the molecule is Cc1ccc(C(N)C(C)Oc2cc(C)cc(C)c2)cc1. The molecule has 0 aliphatic rings. The van der Waals surface area contributed by atoms with Crippen LogP contribution < -0.4 is 10.5 Å². The Bertz CT molecular complexity index is 554. The Hall–Kier alpha value is -1.80. The van der Waals surface area contributed by atoms with Crippen molar-refractivity contribution in [1.29, 1.82) is 0 Å². The molecule has 0 fully saturated rings. The fourth-order valence-electron chi connectivity index (χ4n) is 2.35. The molecule has 2 atom stereocenters. The topological polar surface area (TPSA) is 35.2 Å². The van der Waals surface area contributed by atoms with Gasteiger partial charge in [0.2, 0.25) is 0 Å². The van der Waals surface area contributed by atoms with Crippen molar-refractivity contribution in [1.82, 2.24) is 0 Å². The van der Waals surface area contributed by atoms with Gasteiger partial charge in [-0.05, 0) is 56.5 Å². The Labute approximate surface area is 121 Å². The number of benzene rings is 2. The summed E-state index contributed by atoms with van der Waals surface area (Å²) in [7, 11) is 0. The van der Waals surface area contributed by atoms with E-state index < -0.39 is 0 Å². The van der Waals surface area contributed by atoms with E-state index in [2.05, 4.69) is 51.1 Å². The van der Waals surface area contributed by atoms with E-state index in [9.17, 15) is 0 Å². The molecule has 2 rings (SSSR count). The average Bonchev–Trinajstić information content (AvgIpc) is 2.37. The van der Waals surface area contributed by atoms with Gasteiger partial charge in [-0.1, -0.05) is 35.9 Å². The van der Waals surface area contributed by atoms with Crippen molar-refractivity contribution in [2.75, 3.05) is 0 Å². The van der Waals surface area contributed by atoms with Crippen LogP contribution in [0.15, 0.2) is 42.5 Å². The Morgan fingerprint density at radius 1 is 0.850 bits per heavy atom. The quantitative estimate of drug-likeness (QED) is 0.907. The minimum Gasteiger partial charge on any atom is -0.489 e. The van der Waals surface area contributed by atoms with Crippen molar-refractivity contribution in [3.8, 4) is 5.75 Å². The van der Waals surface area contributed by atoms with Crippen molar-refractivity contribution in [3.63, 3.8) is 0 Å². The molecule has 0 bridgehead atoms. The zero-order valence-electron chi connectivity index (χ0n) is 12.7. The lowest BCUT2D eigenvalue weighted by Crippen LogP contribution is -2.28. The maximum atomic E-state index is 6.29. The van der Waals surface area contributed by atoms with Gasteiger partial charge in [-0.3, -0.25) is 0 Å². The van der Waals surface area contributed by atoms with Crippen molar-refractivity contribution >= 4 is 0 Å². The molecule has 0 radical (unpaired) electrons. The summed E-state index contributed by atoms with van der Waals surface area (Å²) in [6.45, 7) is 8.24. The molecule has 106 valence electrons. The number of hydrogen-bond acceptors (Lipinski definition) is 2. The first kappa shape index (κ1) is 14.6. The molecule has 2 heteroatoms. The molecule has 2 aromatic rings. The van der Waals surface area contributed by atoms with E-state index in [0.29, 0.717) is 0 Å². The summed E-state index contributed by atoms with van der Waals surface area (Å²) in [5.74, 6) is 0.887. The van der Waals surface area contributed by atoms with Crippen LogP contribution in [0.3, 0.4) is 0 Å². The second kappa shape index (κ2) is 6.10. The van der Waals surface area contributed by atoms with Gasteiger partial charge in [0.1, 0.15) is 11.9 Å². The number of ether oxygens (including phenoxy) is 1. The second-order valence-electron chi connectivity index (χ2n) is 5.58. The van der Waals surface area contributed by atoms with Crippen LogP contribution in [0.2, 0.25) is 0 Å². The summed E-state index contributed by atoms with van der Waals surface area (Å²) in [6, 6.07) is 14.4. The van der Waals surface area contributed by atoms with Crippen LogP contribution in [0.5, 0.6) is 5.75 Å². The number of hydrogen-bond donors (Lipinski definition) is 1. The van der Waals surface area contributed by atoms with E-state index in [1.165, 1.54) is 16.7 Å². The van der Waals surface area contributed by atoms with E-state index in [1.54, 1.807) is 0 Å². The smallest absolute Gasteiger partial charge is 0.120 e. The first-order valence-corrected chi connectivity index (χ1v) is 7.03. The highest BCUT2D eigenvalue weighted by molar-refractivity contribution is 5.33. The molecule has 0 heterocycles. The van der Waals surface area contributed by atoms with Crippen LogP contribution in [-0.2, 0) is 0 Å². The fourth-order valence-corrected chi connectivity index (χ4v) is 2.35. The lowest BCUT2D eigenvalue weighted by atomic mass is 10.0. The monoisotopic (exact) mass is 269 g/mol. The molecule has 0 saturated carbocycles. The van der Waals surface area contributed by atoms with E-state index in [0.717, 1.165) is 11.3 Å². The van der Waals surface area contributed by atoms with Gasteiger partial charge in [-0.25, -0.2) is 0 Å². The maximum absolute atomic E-state index is 6.29. The van der Waals surface area contributed by atoms with Crippen LogP contribution in [0.25, 0.3) is 0 Å². The Morgan fingerprint density at radius 3 is 1.95 bits per heavy atom. The lowest BCUT2D eigenvalue weighted by molar-refractivity contribution is 0.190. The molecular formula is C18H23NO. The molecule has 0 aliphatic carbocycles. The van der Waals surface area contributed by atoms with Gasteiger partial charge in [0.25, 0.3) is 0 Å². The molecule has 0 aliphatic heterocycles. The third-order valence-electron chi connectivity index (χ3n) is 3.49. The number of nitrogens with two attached hydrogens (primary N) is 1. The standard InChI is InChI=1S/C18H23NO/c1-12-5-7-16(8-6-12)18(19)15(4)20-17-10-13(2)9-14(3)11-17/h5-11,15,18H,19H2,1-4H3. The van der Waals surface area contributed by atoms with Gasteiger partial charge in [0, 0.05) is 0 Å². The van der Waals surface area contributed by atoms with Crippen LogP contribution in [-0.4, -0.2) is 6.10 Å². The van der Waals surface area contributed by atoms with Gasteiger partial charge < -0.3 is 10.5 Å². The van der Waals surface area contributed by atoms with E-state index >= 15 is 0 Å². The molecule has 0 amide bonds. The molecule has 2 aromatic carbocycles. The van der Waals surface area contributed by atoms with Gasteiger partial charge in [-0.2, -0.15) is 0 Å². The molecule has 0 aromatic heterocycles. The minimum atomic E-state index is -0.128. The molecular weight excluding hydrogens is 246 g/mol.